The molecular formula is C13H10F2N2O2. The number of rotatable bonds is 3. The lowest BCUT2D eigenvalue weighted by atomic mass is 10.2. The Labute approximate surface area is 107 Å². The maximum atomic E-state index is 13.1. The summed E-state index contributed by atoms with van der Waals surface area (Å²) >= 11 is 0. The molecule has 0 saturated carbocycles. The Bertz CT molecular complexity index is 597. The van der Waals surface area contributed by atoms with Gasteiger partial charge < -0.3 is 10.5 Å². The van der Waals surface area contributed by atoms with Crippen LogP contribution in [0.5, 0.6) is 0 Å². The van der Waals surface area contributed by atoms with E-state index in [4.69, 9.17) is 10.5 Å². The first-order valence-corrected chi connectivity index (χ1v) is 5.37. The molecule has 0 unspecified atom stereocenters. The van der Waals surface area contributed by atoms with Gasteiger partial charge in [0.1, 0.15) is 18.2 Å². The van der Waals surface area contributed by atoms with Crippen molar-refractivity contribution in [3.63, 3.8) is 0 Å². The van der Waals surface area contributed by atoms with E-state index >= 15 is 0 Å². The van der Waals surface area contributed by atoms with Crippen molar-refractivity contribution in [2.75, 3.05) is 5.73 Å². The lowest BCUT2D eigenvalue weighted by Gasteiger charge is -2.05. The minimum Gasteiger partial charge on any atom is -0.457 e. The van der Waals surface area contributed by atoms with Gasteiger partial charge in [0, 0.05) is 17.4 Å². The van der Waals surface area contributed by atoms with Crippen LogP contribution in [-0.4, -0.2) is 11.0 Å². The number of carbonyl (C=O) groups excluding carboxylic acids is 1. The second kappa shape index (κ2) is 5.43. The first kappa shape index (κ1) is 12.9. The third kappa shape index (κ3) is 3.48. The Morgan fingerprint density at radius 3 is 2.63 bits per heavy atom. The fourth-order valence-corrected chi connectivity index (χ4v) is 1.50. The van der Waals surface area contributed by atoms with Crippen LogP contribution in [0.15, 0.2) is 36.7 Å². The van der Waals surface area contributed by atoms with E-state index in [0.717, 1.165) is 18.3 Å². The molecule has 1 aromatic heterocycles. The largest absolute Gasteiger partial charge is 0.457 e. The Kier molecular flexibility index (Phi) is 3.70. The first-order valence-electron chi connectivity index (χ1n) is 5.37. The highest BCUT2D eigenvalue weighted by molar-refractivity contribution is 5.90. The number of nitrogens with zero attached hydrogens (tertiary/aromatic N) is 1. The van der Waals surface area contributed by atoms with Gasteiger partial charge in [-0.05, 0) is 24.3 Å². The van der Waals surface area contributed by atoms with E-state index in [2.05, 4.69) is 4.98 Å². The Morgan fingerprint density at radius 2 is 1.95 bits per heavy atom. The number of ether oxygens (including phenoxy) is 1. The predicted octanol–water partition coefficient (Wildman–Crippen LogP) is 2.30. The molecule has 98 valence electrons. The molecule has 4 nitrogen and oxygen atoms in total. The lowest BCUT2D eigenvalue weighted by Crippen LogP contribution is -2.06. The third-order valence-electron chi connectivity index (χ3n) is 2.29. The molecule has 0 bridgehead atoms. The van der Waals surface area contributed by atoms with E-state index in [1.807, 2.05) is 0 Å². The van der Waals surface area contributed by atoms with Crippen LogP contribution >= 0.6 is 0 Å². The number of halogens is 2. The van der Waals surface area contributed by atoms with E-state index < -0.39 is 17.6 Å². The highest BCUT2D eigenvalue weighted by Gasteiger charge is 2.10. The maximum Gasteiger partial charge on any atom is 0.338 e. The summed E-state index contributed by atoms with van der Waals surface area (Å²) in [6, 6.07) is 4.60. The lowest BCUT2D eigenvalue weighted by molar-refractivity contribution is 0.0471. The number of nitrogen functional groups attached to an aromatic ring is 1. The van der Waals surface area contributed by atoms with Crippen LogP contribution in [0, 0.1) is 11.6 Å². The molecule has 0 aliphatic rings. The van der Waals surface area contributed by atoms with Crippen molar-refractivity contribution in [3.05, 3.63) is 59.4 Å². The summed E-state index contributed by atoms with van der Waals surface area (Å²) in [5.41, 5.74) is 5.94. The zero-order valence-electron chi connectivity index (χ0n) is 9.77. The summed E-state index contributed by atoms with van der Waals surface area (Å²) in [6.07, 6.45) is 2.41. The number of anilines is 1. The van der Waals surface area contributed by atoms with Crippen LogP contribution in [0.4, 0.5) is 14.5 Å². The minimum atomic E-state index is -0.740. The Morgan fingerprint density at radius 1 is 1.16 bits per heavy atom. The Balaban J connectivity index is 2.05. The van der Waals surface area contributed by atoms with Crippen LogP contribution in [-0.2, 0) is 11.3 Å². The van der Waals surface area contributed by atoms with Gasteiger partial charge in [-0.25, -0.2) is 13.6 Å². The molecule has 1 heterocycles. The standard InChI is InChI=1S/C13H10F2N2O2/c14-10-2-9(3-12(16)4-10)13(18)19-7-8-1-11(15)6-17-5-8/h1-6H,7,16H2. The molecule has 1 aromatic carbocycles. The summed E-state index contributed by atoms with van der Waals surface area (Å²) in [4.78, 5) is 15.3. The molecule has 19 heavy (non-hydrogen) atoms. The number of aromatic nitrogens is 1. The number of carbonyl (C=O) groups is 1. The molecule has 0 aliphatic carbocycles. The van der Waals surface area contributed by atoms with E-state index in [9.17, 15) is 13.6 Å². The molecule has 0 aliphatic heterocycles. The molecule has 0 saturated heterocycles. The fourth-order valence-electron chi connectivity index (χ4n) is 1.50. The number of hydrogen-bond donors (Lipinski definition) is 1. The van der Waals surface area contributed by atoms with Gasteiger partial charge in [-0.2, -0.15) is 0 Å². The molecule has 0 radical (unpaired) electrons. The molecule has 2 aromatic rings. The van der Waals surface area contributed by atoms with Crippen LogP contribution in [0.25, 0.3) is 0 Å². The van der Waals surface area contributed by atoms with Crippen molar-refractivity contribution in [2.24, 2.45) is 0 Å². The van der Waals surface area contributed by atoms with Gasteiger partial charge in [0.15, 0.2) is 0 Å². The van der Waals surface area contributed by atoms with E-state index in [1.165, 1.54) is 18.3 Å². The van der Waals surface area contributed by atoms with Gasteiger partial charge in [0.05, 0.1) is 11.8 Å². The fraction of sp³-hybridized carbons (Fsp3) is 0.0769. The summed E-state index contributed by atoms with van der Waals surface area (Å²) in [5, 5.41) is 0. The van der Waals surface area contributed by atoms with Gasteiger partial charge in [0.25, 0.3) is 0 Å². The molecule has 0 spiro atoms. The summed E-state index contributed by atoms with van der Waals surface area (Å²) in [6.45, 7) is -0.153. The second-order valence-corrected chi connectivity index (χ2v) is 3.86. The second-order valence-electron chi connectivity index (χ2n) is 3.86. The van der Waals surface area contributed by atoms with E-state index in [1.54, 1.807) is 0 Å². The monoisotopic (exact) mass is 264 g/mol. The van der Waals surface area contributed by atoms with E-state index in [-0.39, 0.29) is 17.9 Å². The van der Waals surface area contributed by atoms with Crippen molar-refractivity contribution in [2.45, 2.75) is 6.61 Å². The van der Waals surface area contributed by atoms with Crippen LogP contribution in [0.3, 0.4) is 0 Å². The van der Waals surface area contributed by atoms with Crippen LogP contribution < -0.4 is 5.73 Å². The van der Waals surface area contributed by atoms with Gasteiger partial charge >= 0.3 is 5.97 Å². The zero-order chi connectivity index (χ0) is 13.8. The molecule has 0 fully saturated rings. The third-order valence-corrected chi connectivity index (χ3v) is 2.29. The normalized spacial score (nSPS) is 10.2. The van der Waals surface area contributed by atoms with E-state index in [0.29, 0.717) is 5.56 Å². The zero-order valence-corrected chi connectivity index (χ0v) is 9.77. The number of hydrogen-bond acceptors (Lipinski definition) is 4. The highest BCUT2D eigenvalue weighted by Crippen LogP contribution is 2.13. The van der Waals surface area contributed by atoms with Crippen molar-refractivity contribution in [1.82, 2.24) is 4.98 Å². The van der Waals surface area contributed by atoms with Crippen molar-refractivity contribution < 1.29 is 18.3 Å². The quantitative estimate of drug-likeness (QED) is 0.682. The summed E-state index contributed by atoms with van der Waals surface area (Å²) < 4.78 is 30.8. The van der Waals surface area contributed by atoms with Crippen molar-refractivity contribution >= 4 is 11.7 Å². The Hall–Kier alpha value is -2.50. The molecule has 2 N–H and O–H groups in total. The van der Waals surface area contributed by atoms with Crippen LogP contribution in [0.1, 0.15) is 15.9 Å². The van der Waals surface area contributed by atoms with Crippen molar-refractivity contribution in [1.29, 1.82) is 0 Å². The first-order chi connectivity index (χ1) is 9.04. The summed E-state index contributed by atoms with van der Waals surface area (Å²) in [7, 11) is 0. The van der Waals surface area contributed by atoms with Gasteiger partial charge in [-0.3, -0.25) is 4.98 Å². The SMILES string of the molecule is Nc1cc(F)cc(C(=O)OCc2cncc(F)c2)c1. The highest BCUT2D eigenvalue weighted by atomic mass is 19.1. The van der Waals surface area contributed by atoms with Crippen molar-refractivity contribution in [3.8, 4) is 0 Å². The molecule has 0 amide bonds. The number of benzene rings is 1. The maximum absolute atomic E-state index is 13.1. The molecular weight excluding hydrogens is 254 g/mol. The molecule has 6 heteroatoms. The number of nitrogens with two attached hydrogens (primary N) is 1. The topological polar surface area (TPSA) is 65.2 Å². The average Bonchev–Trinajstić information content (AvgIpc) is 2.35. The minimum absolute atomic E-state index is 0.00172. The molecule has 0 atom stereocenters. The number of esters is 1. The van der Waals surface area contributed by atoms with Crippen LogP contribution in [0.2, 0.25) is 0 Å². The molecule has 2 rings (SSSR count). The van der Waals surface area contributed by atoms with Gasteiger partial charge in [0.2, 0.25) is 0 Å². The summed E-state index contributed by atoms with van der Waals surface area (Å²) in [5.74, 6) is -1.89. The average molecular weight is 264 g/mol. The smallest absolute Gasteiger partial charge is 0.338 e. The van der Waals surface area contributed by atoms with Gasteiger partial charge in [-0.15, -0.1) is 0 Å². The predicted molar refractivity (Wildman–Crippen MR) is 64.1 cm³/mol. The number of pyridine rings is 1. The van der Waals surface area contributed by atoms with Gasteiger partial charge in [-0.1, -0.05) is 0 Å².